The van der Waals surface area contributed by atoms with Gasteiger partial charge >= 0.3 is 0 Å². The van der Waals surface area contributed by atoms with Gasteiger partial charge in [-0.3, -0.25) is 9.78 Å². The molecule has 0 aliphatic rings. The highest BCUT2D eigenvalue weighted by atomic mass is 19.1. The van der Waals surface area contributed by atoms with Gasteiger partial charge in [-0.25, -0.2) is 4.39 Å². The van der Waals surface area contributed by atoms with Gasteiger partial charge in [0.2, 0.25) is 0 Å². The SMILES string of the molecule is COc1ccc(CNC(=O)c2cc(-c3ncccc3CO)ccc2O)cc1F. The van der Waals surface area contributed by atoms with E-state index in [1.54, 1.807) is 30.5 Å². The normalized spacial score (nSPS) is 10.5. The van der Waals surface area contributed by atoms with E-state index in [1.165, 1.54) is 31.4 Å². The molecule has 28 heavy (non-hydrogen) atoms. The van der Waals surface area contributed by atoms with E-state index in [2.05, 4.69) is 10.3 Å². The third kappa shape index (κ3) is 4.10. The van der Waals surface area contributed by atoms with Crippen molar-refractivity contribution in [3.63, 3.8) is 0 Å². The molecule has 1 aromatic heterocycles. The molecule has 3 rings (SSSR count). The Labute approximate surface area is 161 Å². The molecule has 0 bridgehead atoms. The lowest BCUT2D eigenvalue weighted by atomic mass is 10.0. The van der Waals surface area contributed by atoms with Crippen molar-refractivity contribution in [2.45, 2.75) is 13.2 Å². The zero-order valence-electron chi connectivity index (χ0n) is 15.1. The molecule has 0 radical (unpaired) electrons. The molecule has 0 saturated carbocycles. The molecule has 0 aliphatic carbocycles. The van der Waals surface area contributed by atoms with Gasteiger partial charge in [0.25, 0.3) is 5.91 Å². The lowest BCUT2D eigenvalue weighted by molar-refractivity contribution is 0.0948. The number of nitrogens with one attached hydrogen (secondary N) is 1. The summed E-state index contributed by atoms with van der Waals surface area (Å²) >= 11 is 0. The number of amides is 1. The lowest BCUT2D eigenvalue weighted by Gasteiger charge is -2.11. The molecular weight excluding hydrogens is 363 g/mol. The number of aromatic nitrogens is 1. The smallest absolute Gasteiger partial charge is 0.255 e. The van der Waals surface area contributed by atoms with E-state index in [1.807, 2.05) is 0 Å². The predicted molar refractivity (Wildman–Crippen MR) is 101 cm³/mol. The molecule has 0 fully saturated rings. The molecule has 0 atom stereocenters. The van der Waals surface area contributed by atoms with Crippen LogP contribution in [0, 0.1) is 5.82 Å². The number of aromatic hydroxyl groups is 1. The molecule has 3 aromatic rings. The first kappa shape index (κ1) is 19.3. The highest BCUT2D eigenvalue weighted by Gasteiger charge is 2.15. The summed E-state index contributed by atoms with van der Waals surface area (Å²) in [6, 6.07) is 12.3. The van der Waals surface area contributed by atoms with Gasteiger partial charge in [-0.15, -0.1) is 0 Å². The third-order valence-corrected chi connectivity index (χ3v) is 4.25. The number of phenols is 1. The summed E-state index contributed by atoms with van der Waals surface area (Å²) < 4.78 is 18.6. The molecule has 0 spiro atoms. The number of rotatable bonds is 6. The van der Waals surface area contributed by atoms with Crippen LogP contribution in [0.5, 0.6) is 11.5 Å². The van der Waals surface area contributed by atoms with Gasteiger partial charge < -0.3 is 20.3 Å². The molecule has 3 N–H and O–H groups in total. The molecule has 1 heterocycles. The number of pyridine rings is 1. The van der Waals surface area contributed by atoms with E-state index >= 15 is 0 Å². The average Bonchev–Trinajstić information content (AvgIpc) is 2.72. The number of halogens is 1. The topological polar surface area (TPSA) is 91.7 Å². The second-order valence-electron chi connectivity index (χ2n) is 6.05. The van der Waals surface area contributed by atoms with Crippen LogP contribution in [0.25, 0.3) is 11.3 Å². The lowest BCUT2D eigenvalue weighted by Crippen LogP contribution is -2.23. The van der Waals surface area contributed by atoms with Gasteiger partial charge in [0.15, 0.2) is 11.6 Å². The Morgan fingerprint density at radius 1 is 1.21 bits per heavy atom. The number of hydrogen-bond donors (Lipinski definition) is 3. The molecule has 7 heteroatoms. The van der Waals surface area contributed by atoms with Crippen LogP contribution >= 0.6 is 0 Å². The minimum atomic E-state index is -0.522. The van der Waals surface area contributed by atoms with Crippen molar-refractivity contribution >= 4 is 5.91 Å². The summed E-state index contributed by atoms with van der Waals surface area (Å²) in [4.78, 5) is 16.8. The van der Waals surface area contributed by atoms with Crippen LogP contribution in [0.3, 0.4) is 0 Å². The molecule has 0 unspecified atom stereocenters. The van der Waals surface area contributed by atoms with Gasteiger partial charge in [0.05, 0.1) is 25.0 Å². The Balaban J connectivity index is 1.81. The van der Waals surface area contributed by atoms with Crippen molar-refractivity contribution in [3.05, 3.63) is 77.2 Å². The van der Waals surface area contributed by atoms with Crippen molar-refractivity contribution in [2.75, 3.05) is 7.11 Å². The fourth-order valence-corrected chi connectivity index (χ4v) is 2.79. The second-order valence-corrected chi connectivity index (χ2v) is 6.05. The zero-order chi connectivity index (χ0) is 20.1. The quantitative estimate of drug-likeness (QED) is 0.610. The number of aliphatic hydroxyl groups is 1. The molecule has 1 amide bonds. The Bertz CT molecular complexity index is 1010. The number of nitrogens with zero attached hydrogens (tertiary/aromatic N) is 1. The summed E-state index contributed by atoms with van der Waals surface area (Å²) in [6.07, 6.45) is 1.58. The predicted octanol–water partition coefficient (Wildman–Crippen LogP) is 3.02. The molecule has 0 saturated heterocycles. The Morgan fingerprint density at radius 2 is 2.04 bits per heavy atom. The Hall–Kier alpha value is -3.45. The van der Waals surface area contributed by atoms with Crippen LogP contribution in [0.2, 0.25) is 0 Å². The monoisotopic (exact) mass is 382 g/mol. The first-order chi connectivity index (χ1) is 13.5. The van der Waals surface area contributed by atoms with Crippen molar-refractivity contribution in [1.29, 1.82) is 0 Å². The molecule has 144 valence electrons. The summed E-state index contributed by atoms with van der Waals surface area (Å²) in [7, 11) is 1.37. The maximum atomic E-state index is 13.8. The van der Waals surface area contributed by atoms with E-state index in [0.29, 0.717) is 22.4 Å². The average molecular weight is 382 g/mol. The van der Waals surface area contributed by atoms with E-state index in [0.717, 1.165) is 0 Å². The van der Waals surface area contributed by atoms with Gasteiger partial charge in [-0.1, -0.05) is 12.1 Å². The standard InChI is InChI=1S/C21H19FN2O4/c1-28-19-7-4-13(9-17(19)22)11-24-21(27)16-10-14(5-6-18(16)26)20-15(12-25)3-2-8-23-20/h2-10,25-26H,11-12H2,1H3,(H,24,27). The van der Waals surface area contributed by atoms with E-state index < -0.39 is 11.7 Å². The minimum Gasteiger partial charge on any atom is -0.507 e. The number of hydrogen-bond acceptors (Lipinski definition) is 5. The summed E-state index contributed by atoms with van der Waals surface area (Å²) in [5.74, 6) is -1.11. The summed E-state index contributed by atoms with van der Waals surface area (Å²) in [6.45, 7) is -0.122. The Morgan fingerprint density at radius 3 is 2.75 bits per heavy atom. The first-order valence-corrected chi connectivity index (χ1v) is 8.52. The van der Waals surface area contributed by atoms with Gasteiger partial charge in [0, 0.05) is 23.9 Å². The molecule has 6 nitrogen and oxygen atoms in total. The van der Waals surface area contributed by atoms with Gasteiger partial charge in [-0.05, 0) is 42.0 Å². The van der Waals surface area contributed by atoms with E-state index in [9.17, 15) is 19.4 Å². The summed E-state index contributed by atoms with van der Waals surface area (Å²) in [5.41, 5.74) is 2.32. The highest BCUT2D eigenvalue weighted by Crippen LogP contribution is 2.27. The van der Waals surface area contributed by atoms with Crippen LogP contribution < -0.4 is 10.1 Å². The van der Waals surface area contributed by atoms with Crippen LogP contribution in [0.4, 0.5) is 4.39 Å². The fourth-order valence-electron chi connectivity index (χ4n) is 2.79. The van der Waals surface area contributed by atoms with Crippen molar-refractivity contribution < 1.29 is 24.1 Å². The Kier molecular flexibility index (Phi) is 5.86. The third-order valence-electron chi connectivity index (χ3n) is 4.25. The second kappa shape index (κ2) is 8.49. The van der Waals surface area contributed by atoms with Crippen LogP contribution in [-0.2, 0) is 13.2 Å². The first-order valence-electron chi connectivity index (χ1n) is 8.52. The molecule has 0 aliphatic heterocycles. The number of benzene rings is 2. The number of ether oxygens (including phenoxy) is 1. The number of phenolic OH excluding ortho intramolecular Hbond substituents is 1. The highest BCUT2D eigenvalue weighted by molar-refractivity contribution is 5.98. The largest absolute Gasteiger partial charge is 0.507 e. The summed E-state index contributed by atoms with van der Waals surface area (Å²) in [5, 5.41) is 22.2. The number of aliphatic hydroxyl groups excluding tert-OH is 1. The van der Waals surface area contributed by atoms with Gasteiger partial charge in [-0.2, -0.15) is 0 Å². The van der Waals surface area contributed by atoms with Crippen LogP contribution in [-0.4, -0.2) is 28.2 Å². The van der Waals surface area contributed by atoms with Crippen LogP contribution in [0.1, 0.15) is 21.5 Å². The number of carbonyl (C=O) groups excluding carboxylic acids is 1. The molecular formula is C21H19FN2O4. The van der Waals surface area contributed by atoms with E-state index in [4.69, 9.17) is 4.74 Å². The zero-order valence-corrected chi connectivity index (χ0v) is 15.1. The maximum Gasteiger partial charge on any atom is 0.255 e. The fraction of sp³-hybridized carbons (Fsp3) is 0.143. The maximum absolute atomic E-state index is 13.8. The van der Waals surface area contributed by atoms with Crippen molar-refractivity contribution in [1.82, 2.24) is 10.3 Å². The number of methoxy groups -OCH3 is 1. The van der Waals surface area contributed by atoms with Gasteiger partial charge in [0.1, 0.15) is 5.75 Å². The van der Waals surface area contributed by atoms with Crippen molar-refractivity contribution in [3.8, 4) is 22.8 Å². The molecule has 2 aromatic carbocycles. The van der Waals surface area contributed by atoms with Crippen molar-refractivity contribution in [2.24, 2.45) is 0 Å². The minimum absolute atomic E-state index is 0.0565. The van der Waals surface area contributed by atoms with E-state index in [-0.39, 0.29) is 30.2 Å². The van der Waals surface area contributed by atoms with Crippen LogP contribution in [0.15, 0.2) is 54.7 Å². The number of carbonyl (C=O) groups is 1.